The van der Waals surface area contributed by atoms with Crippen LogP contribution in [0, 0.1) is 0 Å². The monoisotopic (exact) mass is 377 g/mol. The number of esters is 1. The number of carbonyl (C=O) groups is 2. The quantitative estimate of drug-likeness (QED) is 0.670. The molecule has 1 amide bonds. The fraction of sp³-hybridized carbons (Fsp3) is 0.235. The molecule has 0 aliphatic rings. The van der Waals surface area contributed by atoms with Crippen LogP contribution in [0.5, 0.6) is 0 Å². The van der Waals surface area contributed by atoms with Crippen molar-refractivity contribution in [2.75, 3.05) is 6.61 Å². The van der Waals surface area contributed by atoms with E-state index in [0.717, 1.165) is 10.5 Å². The summed E-state index contributed by atoms with van der Waals surface area (Å²) in [6.45, 7) is 1.48. The molecule has 130 valence electrons. The highest BCUT2D eigenvalue weighted by atomic mass is 35.5. The zero-order chi connectivity index (χ0) is 17.8. The molecule has 0 bridgehead atoms. The number of fused-ring (bicyclic) bond motifs is 1. The Hall–Kier alpha value is -2.38. The molecular formula is C17H16ClN3O3S. The number of benzene rings is 1. The second-order valence-electron chi connectivity index (χ2n) is 5.47. The smallest absolute Gasteiger partial charge is 0.312 e. The maximum Gasteiger partial charge on any atom is 0.312 e. The van der Waals surface area contributed by atoms with Crippen LogP contribution >= 0.6 is 22.9 Å². The maximum atomic E-state index is 11.9. The van der Waals surface area contributed by atoms with Crippen LogP contribution in [0.15, 0.2) is 42.0 Å². The number of hydrogen-bond acceptors (Lipinski definition) is 5. The lowest BCUT2D eigenvalue weighted by atomic mass is 10.1. The minimum atomic E-state index is -0.494. The van der Waals surface area contributed by atoms with Crippen LogP contribution in [0.4, 0.5) is 0 Å². The number of thiazole rings is 1. The van der Waals surface area contributed by atoms with Gasteiger partial charge in [0.05, 0.1) is 18.2 Å². The SMILES string of the molecule is C[C@H](NC(=O)COC(=O)Cc1cn2ccsc2n1)c1ccccc1Cl. The van der Waals surface area contributed by atoms with Crippen LogP contribution < -0.4 is 5.32 Å². The number of hydrogen-bond donors (Lipinski definition) is 1. The number of ether oxygens (including phenoxy) is 1. The number of imidazole rings is 1. The summed E-state index contributed by atoms with van der Waals surface area (Å²) in [7, 11) is 0. The first kappa shape index (κ1) is 17.4. The van der Waals surface area contributed by atoms with Gasteiger partial charge in [-0.25, -0.2) is 4.98 Å². The minimum absolute atomic E-state index is 0.0295. The second kappa shape index (κ2) is 7.67. The molecule has 0 spiro atoms. The topological polar surface area (TPSA) is 72.7 Å². The summed E-state index contributed by atoms with van der Waals surface area (Å²) in [6.07, 6.45) is 3.67. The number of amides is 1. The van der Waals surface area contributed by atoms with Gasteiger partial charge in [-0.15, -0.1) is 11.3 Å². The highest BCUT2D eigenvalue weighted by Crippen LogP contribution is 2.21. The van der Waals surface area contributed by atoms with E-state index in [4.69, 9.17) is 16.3 Å². The number of aromatic nitrogens is 2. The summed E-state index contributed by atoms with van der Waals surface area (Å²) in [5.41, 5.74) is 1.42. The molecule has 0 unspecified atom stereocenters. The van der Waals surface area contributed by atoms with Gasteiger partial charge in [0.2, 0.25) is 0 Å². The van der Waals surface area contributed by atoms with Crippen LogP contribution in [0.1, 0.15) is 24.2 Å². The summed E-state index contributed by atoms with van der Waals surface area (Å²) >= 11 is 7.58. The fourth-order valence-corrected chi connectivity index (χ4v) is 3.41. The molecule has 2 aromatic heterocycles. The van der Waals surface area contributed by atoms with E-state index in [1.807, 2.05) is 41.1 Å². The largest absolute Gasteiger partial charge is 0.455 e. The molecule has 0 fully saturated rings. The van der Waals surface area contributed by atoms with Crippen molar-refractivity contribution in [3.8, 4) is 0 Å². The number of carbonyl (C=O) groups excluding carboxylic acids is 2. The third-order valence-electron chi connectivity index (χ3n) is 3.58. The van der Waals surface area contributed by atoms with Crippen LogP contribution in [0.2, 0.25) is 5.02 Å². The van der Waals surface area contributed by atoms with Crippen molar-refractivity contribution in [3.05, 3.63) is 58.3 Å². The summed E-state index contributed by atoms with van der Waals surface area (Å²) in [5, 5.41) is 5.24. The molecule has 0 saturated heterocycles. The Morgan fingerprint density at radius 1 is 1.40 bits per heavy atom. The van der Waals surface area contributed by atoms with Gasteiger partial charge >= 0.3 is 5.97 Å². The summed E-state index contributed by atoms with van der Waals surface area (Å²) in [6, 6.07) is 6.99. The first-order chi connectivity index (χ1) is 12.0. The van der Waals surface area contributed by atoms with Crippen molar-refractivity contribution in [1.82, 2.24) is 14.7 Å². The molecule has 2 heterocycles. The number of halogens is 1. The predicted molar refractivity (Wildman–Crippen MR) is 95.7 cm³/mol. The van der Waals surface area contributed by atoms with Crippen molar-refractivity contribution in [2.24, 2.45) is 0 Å². The van der Waals surface area contributed by atoms with E-state index in [9.17, 15) is 9.59 Å². The summed E-state index contributed by atoms with van der Waals surface area (Å²) in [4.78, 5) is 28.9. The molecule has 0 saturated carbocycles. The second-order valence-corrected chi connectivity index (χ2v) is 6.75. The highest BCUT2D eigenvalue weighted by molar-refractivity contribution is 7.15. The fourth-order valence-electron chi connectivity index (χ4n) is 2.39. The predicted octanol–water partition coefficient (Wildman–Crippen LogP) is 3.01. The summed E-state index contributed by atoms with van der Waals surface area (Å²) in [5.74, 6) is -0.877. The van der Waals surface area contributed by atoms with Gasteiger partial charge < -0.3 is 10.1 Å². The molecule has 0 aliphatic heterocycles. The molecule has 6 nitrogen and oxygen atoms in total. The van der Waals surface area contributed by atoms with Crippen molar-refractivity contribution in [2.45, 2.75) is 19.4 Å². The van der Waals surface area contributed by atoms with Crippen LogP contribution in [-0.2, 0) is 20.7 Å². The van der Waals surface area contributed by atoms with Gasteiger partial charge in [0.15, 0.2) is 11.6 Å². The van der Waals surface area contributed by atoms with Gasteiger partial charge in [-0.05, 0) is 18.6 Å². The molecule has 25 heavy (non-hydrogen) atoms. The van der Waals surface area contributed by atoms with Gasteiger partial charge in [0.25, 0.3) is 5.91 Å². The van der Waals surface area contributed by atoms with E-state index >= 15 is 0 Å². The molecule has 1 aromatic carbocycles. The van der Waals surface area contributed by atoms with Gasteiger partial charge in [-0.1, -0.05) is 29.8 Å². The Balaban J connectivity index is 1.47. The third-order valence-corrected chi connectivity index (χ3v) is 4.70. The standard InChI is InChI=1S/C17H16ClN3O3S/c1-11(13-4-2-3-5-14(13)18)19-15(22)10-24-16(23)8-12-9-21-6-7-25-17(21)20-12/h2-7,9,11H,8,10H2,1H3,(H,19,22)/t11-/m0/s1. The Bertz CT molecular complexity index is 877. The average molecular weight is 378 g/mol. The van der Waals surface area contributed by atoms with Crippen molar-refractivity contribution in [3.63, 3.8) is 0 Å². The number of nitrogens with zero attached hydrogens (tertiary/aromatic N) is 2. The van der Waals surface area contributed by atoms with E-state index in [-0.39, 0.29) is 25.0 Å². The Morgan fingerprint density at radius 2 is 2.20 bits per heavy atom. The molecule has 1 atom stereocenters. The Kier molecular flexibility index (Phi) is 5.35. The lowest BCUT2D eigenvalue weighted by molar-refractivity contribution is -0.148. The zero-order valence-electron chi connectivity index (χ0n) is 13.4. The molecule has 3 aromatic rings. The van der Waals surface area contributed by atoms with Crippen LogP contribution in [0.3, 0.4) is 0 Å². The van der Waals surface area contributed by atoms with Gasteiger partial charge in [0.1, 0.15) is 0 Å². The summed E-state index contributed by atoms with van der Waals surface area (Å²) < 4.78 is 6.86. The first-order valence-corrected chi connectivity index (χ1v) is 8.89. The molecular weight excluding hydrogens is 362 g/mol. The normalized spacial score (nSPS) is 12.1. The first-order valence-electron chi connectivity index (χ1n) is 7.63. The van der Waals surface area contributed by atoms with E-state index < -0.39 is 5.97 Å². The Morgan fingerprint density at radius 3 is 2.96 bits per heavy atom. The lowest BCUT2D eigenvalue weighted by Gasteiger charge is -2.15. The average Bonchev–Trinajstić information content (AvgIpc) is 3.14. The van der Waals surface area contributed by atoms with E-state index in [1.165, 1.54) is 11.3 Å². The number of nitrogens with one attached hydrogen (secondary N) is 1. The van der Waals surface area contributed by atoms with E-state index in [1.54, 1.807) is 12.3 Å². The van der Waals surface area contributed by atoms with Crippen LogP contribution in [0.25, 0.3) is 4.96 Å². The Labute approximate surface area is 153 Å². The van der Waals surface area contributed by atoms with E-state index in [2.05, 4.69) is 10.3 Å². The molecule has 8 heteroatoms. The lowest BCUT2D eigenvalue weighted by Crippen LogP contribution is -2.31. The van der Waals surface area contributed by atoms with Crippen LogP contribution in [-0.4, -0.2) is 27.9 Å². The van der Waals surface area contributed by atoms with Crippen molar-refractivity contribution < 1.29 is 14.3 Å². The van der Waals surface area contributed by atoms with Crippen molar-refractivity contribution >= 4 is 39.8 Å². The third kappa shape index (κ3) is 4.37. The molecule has 0 radical (unpaired) electrons. The minimum Gasteiger partial charge on any atom is -0.455 e. The highest BCUT2D eigenvalue weighted by Gasteiger charge is 2.15. The molecule has 0 aliphatic carbocycles. The number of rotatable bonds is 6. The molecule has 3 rings (SSSR count). The van der Waals surface area contributed by atoms with Crippen molar-refractivity contribution in [1.29, 1.82) is 0 Å². The molecule has 1 N–H and O–H groups in total. The van der Waals surface area contributed by atoms with Gasteiger partial charge in [0, 0.05) is 22.8 Å². The zero-order valence-corrected chi connectivity index (χ0v) is 15.0. The maximum absolute atomic E-state index is 11.9. The van der Waals surface area contributed by atoms with Gasteiger partial charge in [-0.3, -0.25) is 14.0 Å². The van der Waals surface area contributed by atoms with Gasteiger partial charge in [-0.2, -0.15) is 0 Å². The van der Waals surface area contributed by atoms with E-state index in [0.29, 0.717) is 10.7 Å².